The maximum absolute atomic E-state index is 9.86. The van der Waals surface area contributed by atoms with Gasteiger partial charge in [0.25, 0.3) is 0 Å². The van der Waals surface area contributed by atoms with E-state index in [1.54, 1.807) is 19.2 Å². The SMILES string of the molecule is COc1ccc(O)c(CN[C@@H](C)c2ccccc2Br)c1. The normalized spacial score (nSPS) is 12.2. The minimum absolute atomic E-state index is 0.177. The molecule has 0 bridgehead atoms. The van der Waals surface area contributed by atoms with Gasteiger partial charge in [-0.2, -0.15) is 0 Å². The molecule has 0 radical (unpaired) electrons. The fraction of sp³-hybridized carbons (Fsp3) is 0.250. The van der Waals surface area contributed by atoms with Crippen LogP contribution in [-0.2, 0) is 6.54 Å². The zero-order chi connectivity index (χ0) is 14.5. The number of methoxy groups -OCH3 is 1. The minimum atomic E-state index is 0.177. The second kappa shape index (κ2) is 6.77. The molecule has 0 aliphatic rings. The van der Waals surface area contributed by atoms with E-state index in [0.29, 0.717) is 6.54 Å². The first-order chi connectivity index (χ1) is 9.61. The Hall–Kier alpha value is -1.52. The third-order valence-corrected chi connectivity index (χ3v) is 3.98. The molecule has 0 amide bonds. The summed E-state index contributed by atoms with van der Waals surface area (Å²) in [6.07, 6.45) is 0. The number of halogens is 1. The summed E-state index contributed by atoms with van der Waals surface area (Å²) in [6, 6.07) is 13.5. The van der Waals surface area contributed by atoms with Crippen LogP contribution in [0.4, 0.5) is 0 Å². The predicted molar refractivity (Wildman–Crippen MR) is 84.1 cm³/mol. The van der Waals surface area contributed by atoms with E-state index in [1.165, 1.54) is 5.56 Å². The number of phenolic OH excluding ortho intramolecular Hbond substituents is 1. The molecule has 0 saturated carbocycles. The lowest BCUT2D eigenvalue weighted by Gasteiger charge is -2.16. The van der Waals surface area contributed by atoms with Crippen molar-refractivity contribution in [2.45, 2.75) is 19.5 Å². The van der Waals surface area contributed by atoms with Gasteiger partial charge in [0.05, 0.1) is 7.11 Å². The van der Waals surface area contributed by atoms with Gasteiger partial charge in [0.2, 0.25) is 0 Å². The molecule has 106 valence electrons. The molecule has 4 heteroatoms. The smallest absolute Gasteiger partial charge is 0.120 e. The van der Waals surface area contributed by atoms with Crippen LogP contribution in [0.2, 0.25) is 0 Å². The van der Waals surface area contributed by atoms with E-state index >= 15 is 0 Å². The van der Waals surface area contributed by atoms with E-state index in [9.17, 15) is 5.11 Å². The highest BCUT2D eigenvalue weighted by Crippen LogP contribution is 2.26. The molecular weight excluding hydrogens is 318 g/mol. The molecule has 3 nitrogen and oxygen atoms in total. The van der Waals surface area contributed by atoms with E-state index < -0.39 is 0 Å². The summed E-state index contributed by atoms with van der Waals surface area (Å²) in [5, 5.41) is 13.3. The average Bonchev–Trinajstić information content (AvgIpc) is 2.46. The van der Waals surface area contributed by atoms with Crippen molar-refractivity contribution in [3.63, 3.8) is 0 Å². The Morgan fingerprint density at radius 1 is 1.25 bits per heavy atom. The van der Waals surface area contributed by atoms with Gasteiger partial charge in [0.15, 0.2) is 0 Å². The van der Waals surface area contributed by atoms with Crippen LogP contribution in [0.15, 0.2) is 46.9 Å². The number of aromatic hydroxyl groups is 1. The third-order valence-electron chi connectivity index (χ3n) is 3.26. The average molecular weight is 336 g/mol. The van der Waals surface area contributed by atoms with Gasteiger partial charge in [0, 0.05) is 22.6 Å². The van der Waals surface area contributed by atoms with Gasteiger partial charge in [-0.15, -0.1) is 0 Å². The number of benzene rings is 2. The van der Waals surface area contributed by atoms with E-state index in [-0.39, 0.29) is 11.8 Å². The van der Waals surface area contributed by atoms with E-state index in [2.05, 4.69) is 34.2 Å². The molecule has 0 unspecified atom stereocenters. The highest BCUT2D eigenvalue weighted by molar-refractivity contribution is 9.10. The molecule has 0 aliphatic carbocycles. The molecular formula is C16H18BrNO2. The van der Waals surface area contributed by atoms with E-state index in [0.717, 1.165) is 15.8 Å². The van der Waals surface area contributed by atoms with Crippen LogP contribution in [0.5, 0.6) is 11.5 Å². The number of ether oxygens (including phenoxy) is 1. The number of rotatable bonds is 5. The summed E-state index contributed by atoms with van der Waals surface area (Å²) < 4.78 is 6.25. The topological polar surface area (TPSA) is 41.5 Å². The lowest BCUT2D eigenvalue weighted by atomic mass is 10.1. The molecule has 0 spiro atoms. The minimum Gasteiger partial charge on any atom is -0.508 e. The molecule has 0 fully saturated rings. The van der Waals surface area contributed by atoms with E-state index in [4.69, 9.17) is 4.74 Å². The zero-order valence-corrected chi connectivity index (χ0v) is 13.1. The summed E-state index contributed by atoms with van der Waals surface area (Å²) in [7, 11) is 1.62. The first-order valence-electron chi connectivity index (χ1n) is 6.45. The van der Waals surface area contributed by atoms with Crippen molar-refractivity contribution in [3.8, 4) is 11.5 Å². The lowest BCUT2D eigenvalue weighted by molar-refractivity contribution is 0.409. The Balaban J connectivity index is 2.07. The largest absolute Gasteiger partial charge is 0.508 e. The molecule has 0 aliphatic heterocycles. The van der Waals surface area contributed by atoms with Crippen molar-refractivity contribution < 1.29 is 9.84 Å². The Morgan fingerprint density at radius 3 is 2.70 bits per heavy atom. The lowest BCUT2D eigenvalue weighted by Crippen LogP contribution is -2.18. The number of hydrogen-bond donors (Lipinski definition) is 2. The van der Waals surface area contributed by atoms with Crippen LogP contribution in [0, 0.1) is 0 Å². The van der Waals surface area contributed by atoms with Crippen molar-refractivity contribution in [2.24, 2.45) is 0 Å². The molecule has 1 atom stereocenters. The van der Waals surface area contributed by atoms with Gasteiger partial charge >= 0.3 is 0 Å². The van der Waals surface area contributed by atoms with Crippen molar-refractivity contribution in [2.75, 3.05) is 7.11 Å². The van der Waals surface area contributed by atoms with Gasteiger partial charge in [0.1, 0.15) is 11.5 Å². The van der Waals surface area contributed by atoms with Gasteiger partial charge in [-0.25, -0.2) is 0 Å². The highest BCUT2D eigenvalue weighted by atomic mass is 79.9. The predicted octanol–water partition coefficient (Wildman–Crippen LogP) is 4.01. The molecule has 2 aromatic carbocycles. The van der Waals surface area contributed by atoms with Crippen molar-refractivity contribution in [3.05, 3.63) is 58.1 Å². The van der Waals surface area contributed by atoms with Crippen LogP contribution in [0.25, 0.3) is 0 Å². The maximum Gasteiger partial charge on any atom is 0.120 e. The fourth-order valence-electron chi connectivity index (χ4n) is 2.03. The highest BCUT2D eigenvalue weighted by Gasteiger charge is 2.10. The molecule has 2 aromatic rings. The summed E-state index contributed by atoms with van der Waals surface area (Å²) in [5.41, 5.74) is 2.01. The molecule has 0 aromatic heterocycles. The summed E-state index contributed by atoms with van der Waals surface area (Å²) in [5.74, 6) is 1.02. The van der Waals surface area contributed by atoms with Gasteiger partial charge in [-0.3, -0.25) is 0 Å². The Labute approximate surface area is 127 Å². The standard InChI is InChI=1S/C16H18BrNO2/c1-11(14-5-3-4-6-15(14)17)18-10-12-9-13(20-2)7-8-16(12)19/h3-9,11,18-19H,10H2,1-2H3/t11-/m0/s1. The quantitative estimate of drug-likeness (QED) is 0.867. The third kappa shape index (κ3) is 3.52. The van der Waals surface area contributed by atoms with Crippen LogP contribution < -0.4 is 10.1 Å². The summed E-state index contributed by atoms with van der Waals surface area (Å²) >= 11 is 3.55. The summed E-state index contributed by atoms with van der Waals surface area (Å²) in [6.45, 7) is 2.67. The maximum atomic E-state index is 9.86. The van der Waals surface area contributed by atoms with Gasteiger partial charge in [-0.1, -0.05) is 34.1 Å². The zero-order valence-electron chi connectivity index (χ0n) is 11.6. The van der Waals surface area contributed by atoms with Gasteiger partial charge in [-0.05, 0) is 36.8 Å². The summed E-state index contributed by atoms with van der Waals surface area (Å²) in [4.78, 5) is 0. The molecule has 0 heterocycles. The second-order valence-electron chi connectivity index (χ2n) is 4.62. The van der Waals surface area contributed by atoms with Crippen LogP contribution in [0.3, 0.4) is 0 Å². The van der Waals surface area contributed by atoms with Gasteiger partial charge < -0.3 is 15.2 Å². The van der Waals surface area contributed by atoms with Crippen LogP contribution in [0.1, 0.15) is 24.1 Å². The van der Waals surface area contributed by atoms with Crippen molar-refractivity contribution in [1.29, 1.82) is 0 Å². The molecule has 2 N–H and O–H groups in total. The van der Waals surface area contributed by atoms with Crippen LogP contribution in [-0.4, -0.2) is 12.2 Å². The van der Waals surface area contributed by atoms with E-state index in [1.807, 2.05) is 24.3 Å². The molecule has 2 rings (SSSR count). The Kier molecular flexibility index (Phi) is 5.04. The van der Waals surface area contributed by atoms with Crippen LogP contribution >= 0.6 is 15.9 Å². The first kappa shape index (κ1) is 14.9. The first-order valence-corrected chi connectivity index (χ1v) is 7.25. The van der Waals surface area contributed by atoms with Crippen molar-refractivity contribution in [1.82, 2.24) is 5.32 Å². The fourth-order valence-corrected chi connectivity index (χ4v) is 2.66. The van der Waals surface area contributed by atoms with Crippen molar-refractivity contribution >= 4 is 15.9 Å². The molecule has 20 heavy (non-hydrogen) atoms. The number of phenols is 1. The second-order valence-corrected chi connectivity index (χ2v) is 5.47. The Bertz CT molecular complexity index is 586. The molecule has 0 saturated heterocycles. The number of hydrogen-bond acceptors (Lipinski definition) is 3. The Morgan fingerprint density at radius 2 is 2.00 bits per heavy atom. The number of nitrogens with one attached hydrogen (secondary N) is 1. The monoisotopic (exact) mass is 335 g/mol.